The molecule has 0 radical (unpaired) electrons. The van der Waals surface area contributed by atoms with Crippen molar-refractivity contribution >= 4 is 29.3 Å². The van der Waals surface area contributed by atoms with E-state index in [2.05, 4.69) is 0 Å². The number of rotatable bonds is 1. The van der Waals surface area contributed by atoms with Crippen LogP contribution in [0.15, 0.2) is 22.6 Å². The van der Waals surface area contributed by atoms with E-state index in [0.717, 1.165) is 16.9 Å². The maximum absolute atomic E-state index is 11.4. The second-order valence-corrected chi connectivity index (χ2v) is 5.27. The monoisotopic (exact) mass is 245 g/mol. The molecule has 1 fully saturated rings. The van der Waals surface area contributed by atoms with E-state index in [1.807, 2.05) is 12.2 Å². The number of carbonyl (C=O) groups excluding carboxylic acids is 1. The van der Waals surface area contributed by atoms with Crippen molar-refractivity contribution in [3.63, 3.8) is 0 Å². The van der Waals surface area contributed by atoms with Crippen LogP contribution < -0.4 is 5.73 Å². The van der Waals surface area contributed by atoms with Crippen molar-refractivity contribution < 1.29 is 9.53 Å². The van der Waals surface area contributed by atoms with Crippen LogP contribution in [0.1, 0.15) is 6.42 Å². The number of hydrogen-bond donors (Lipinski definition) is 1. The number of methoxy groups -OCH3 is 1. The van der Waals surface area contributed by atoms with Crippen LogP contribution in [0.3, 0.4) is 0 Å². The molecule has 5 heteroatoms. The highest BCUT2D eigenvalue weighted by Gasteiger charge is 2.40. The fourth-order valence-corrected chi connectivity index (χ4v) is 3.41. The van der Waals surface area contributed by atoms with Gasteiger partial charge in [-0.2, -0.15) is 0 Å². The number of allylic oxidation sites excluding steroid dienone is 2. The third-order valence-corrected chi connectivity index (χ3v) is 4.22. The Morgan fingerprint density at radius 3 is 3.13 bits per heavy atom. The second kappa shape index (κ2) is 4.20. The van der Waals surface area contributed by atoms with Crippen LogP contribution in [0, 0.1) is 0 Å². The van der Waals surface area contributed by atoms with E-state index in [9.17, 15) is 4.79 Å². The Kier molecular flexibility index (Phi) is 3.09. The summed E-state index contributed by atoms with van der Waals surface area (Å²) in [5, 5.41) is -0.311. The number of thioether (sulfide) groups is 1. The molecule has 0 aromatic heterocycles. The SMILES string of the molecule is COC(=O)C1SC2=CC(Cl)CC=C2C1N. The Morgan fingerprint density at radius 1 is 1.73 bits per heavy atom. The molecular weight excluding hydrogens is 234 g/mol. The fourth-order valence-electron chi connectivity index (χ4n) is 1.76. The summed E-state index contributed by atoms with van der Waals surface area (Å²) in [6.07, 6.45) is 4.76. The Labute approximate surface area is 97.7 Å². The minimum absolute atomic E-state index is 0.0137. The van der Waals surface area contributed by atoms with Crippen molar-refractivity contribution in [3.05, 3.63) is 22.6 Å². The lowest BCUT2D eigenvalue weighted by atomic mass is 9.98. The molecule has 2 rings (SSSR count). The van der Waals surface area contributed by atoms with Crippen molar-refractivity contribution in [3.8, 4) is 0 Å². The first-order chi connectivity index (χ1) is 7.13. The van der Waals surface area contributed by atoms with Gasteiger partial charge in [0.1, 0.15) is 5.25 Å². The number of halogens is 1. The van der Waals surface area contributed by atoms with Crippen LogP contribution in [-0.2, 0) is 9.53 Å². The molecule has 1 aliphatic carbocycles. The standard InChI is InChI=1S/C10H12ClNO2S/c1-14-10(13)9-8(12)6-3-2-5(11)4-7(6)15-9/h3-5,8-9H,2,12H2,1H3. The van der Waals surface area contributed by atoms with Crippen LogP contribution >= 0.6 is 23.4 Å². The zero-order valence-electron chi connectivity index (χ0n) is 8.27. The molecule has 0 spiro atoms. The Morgan fingerprint density at radius 2 is 2.47 bits per heavy atom. The molecule has 2 N–H and O–H groups in total. The first-order valence-corrected chi connectivity index (χ1v) is 6.01. The van der Waals surface area contributed by atoms with Gasteiger partial charge in [0.25, 0.3) is 0 Å². The molecule has 2 aliphatic rings. The van der Waals surface area contributed by atoms with Gasteiger partial charge in [0.05, 0.1) is 18.5 Å². The number of fused-ring (bicyclic) bond motifs is 1. The normalized spacial score (nSPS) is 34.2. The third kappa shape index (κ3) is 1.94. The van der Waals surface area contributed by atoms with E-state index in [1.54, 1.807) is 0 Å². The quantitative estimate of drug-likeness (QED) is 0.561. The maximum Gasteiger partial charge on any atom is 0.321 e. The zero-order valence-corrected chi connectivity index (χ0v) is 9.85. The van der Waals surface area contributed by atoms with Crippen LogP contribution in [0.5, 0.6) is 0 Å². The summed E-state index contributed by atoms with van der Waals surface area (Å²) in [4.78, 5) is 12.5. The highest BCUT2D eigenvalue weighted by Crippen LogP contribution is 2.44. The Bertz CT molecular complexity index is 353. The van der Waals surface area contributed by atoms with Crippen LogP contribution in [0.2, 0.25) is 0 Å². The van der Waals surface area contributed by atoms with Crippen LogP contribution in [-0.4, -0.2) is 29.7 Å². The predicted octanol–water partition coefficient (Wildman–Crippen LogP) is 1.42. The maximum atomic E-state index is 11.4. The number of esters is 1. The summed E-state index contributed by atoms with van der Waals surface area (Å²) >= 11 is 7.45. The van der Waals surface area contributed by atoms with Crippen molar-refractivity contribution in [1.29, 1.82) is 0 Å². The lowest BCUT2D eigenvalue weighted by Crippen LogP contribution is -2.36. The van der Waals surface area contributed by atoms with Gasteiger partial charge in [-0.15, -0.1) is 23.4 Å². The third-order valence-electron chi connectivity index (χ3n) is 2.55. The average molecular weight is 246 g/mol. The van der Waals surface area contributed by atoms with E-state index in [1.165, 1.54) is 18.9 Å². The molecule has 3 atom stereocenters. The van der Waals surface area contributed by atoms with Crippen LogP contribution in [0.4, 0.5) is 0 Å². The predicted molar refractivity (Wildman–Crippen MR) is 61.8 cm³/mol. The molecule has 3 nitrogen and oxygen atoms in total. The molecule has 0 aromatic carbocycles. The van der Waals surface area contributed by atoms with E-state index in [0.29, 0.717) is 0 Å². The van der Waals surface area contributed by atoms with Crippen molar-refractivity contribution in [1.82, 2.24) is 0 Å². The smallest absolute Gasteiger partial charge is 0.321 e. The summed E-state index contributed by atoms with van der Waals surface area (Å²) in [5.41, 5.74) is 7.02. The number of ether oxygens (including phenoxy) is 1. The minimum Gasteiger partial charge on any atom is -0.468 e. The van der Waals surface area contributed by atoms with E-state index >= 15 is 0 Å². The van der Waals surface area contributed by atoms with Gasteiger partial charge in [-0.25, -0.2) is 0 Å². The van der Waals surface area contributed by atoms with Crippen LogP contribution in [0.25, 0.3) is 0 Å². The molecule has 82 valence electrons. The summed E-state index contributed by atoms with van der Waals surface area (Å²) in [5.74, 6) is -0.269. The lowest BCUT2D eigenvalue weighted by molar-refractivity contribution is -0.140. The molecular formula is C10H12ClNO2S. The summed E-state index contributed by atoms with van der Waals surface area (Å²) in [7, 11) is 1.38. The Balaban J connectivity index is 2.24. The van der Waals surface area contributed by atoms with Crippen molar-refractivity contribution in [2.75, 3.05) is 7.11 Å². The summed E-state index contributed by atoms with van der Waals surface area (Å²) in [6.45, 7) is 0. The molecule has 0 bridgehead atoms. The molecule has 1 saturated heterocycles. The fraction of sp³-hybridized carbons (Fsp3) is 0.500. The number of carbonyl (C=O) groups is 1. The second-order valence-electron chi connectivity index (χ2n) is 3.53. The highest BCUT2D eigenvalue weighted by atomic mass is 35.5. The van der Waals surface area contributed by atoms with Gasteiger partial charge in [0.15, 0.2) is 0 Å². The van der Waals surface area contributed by atoms with Gasteiger partial charge < -0.3 is 10.5 Å². The molecule has 0 amide bonds. The van der Waals surface area contributed by atoms with Gasteiger partial charge in [-0.05, 0) is 12.0 Å². The molecule has 15 heavy (non-hydrogen) atoms. The lowest BCUT2D eigenvalue weighted by Gasteiger charge is -2.14. The van der Waals surface area contributed by atoms with Gasteiger partial charge in [0, 0.05) is 4.91 Å². The molecule has 1 aliphatic heterocycles. The minimum atomic E-state index is -0.325. The van der Waals surface area contributed by atoms with E-state index < -0.39 is 0 Å². The molecule has 0 aromatic rings. The van der Waals surface area contributed by atoms with Crippen molar-refractivity contribution in [2.45, 2.75) is 23.1 Å². The number of nitrogens with two attached hydrogens (primary N) is 1. The average Bonchev–Trinajstić information content (AvgIpc) is 2.54. The topological polar surface area (TPSA) is 52.3 Å². The highest BCUT2D eigenvalue weighted by molar-refractivity contribution is 8.05. The Hall–Kier alpha value is -0.450. The van der Waals surface area contributed by atoms with Crippen molar-refractivity contribution in [2.24, 2.45) is 5.73 Å². The zero-order chi connectivity index (χ0) is 11.0. The first-order valence-electron chi connectivity index (χ1n) is 4.70. The molecule has 3 unspecified atom stereocenters. The summed E-state index contributed by atoms with van der Waals surface area (Å²) < 4.78 is 4.71. The first kappa shape index (κ1) is 11.0. The van der Waals surface area contributed by atoms with Gasteiger partial charge in [-0.3, -0.25) is 4.79 Å². The number of hydrogen-bond acceptors (Lipinski definition) is 4. The summed E-state index contributed by atoms with van der Waals surface area (Å²) in [6, 6.07) is -0.266. The van der Waals surface area contributed by atoms with Gasteiger partial charge in [0.2, 0.25) is 0 Å². The van der Waals surface area contributed by atoms with E-state index in [4.69, 9.17) is 22.1 Å². The van der Waals surface area contributed by atoms with Gasteiger partial charge in [-0.1, -0.05) is 12.2 Å². The molecule has 1 heterocycles. The van der Waals surface area contributed by atoms with E-state index in [-0.39, 0.29) is 22.6 Å². The van der Waals surface area contributed by atoms with Gasteiger partial charge >= 0.3 is 5.97 Å². The number of alkyl halides is 1. The molecule has 0 saturated carbocycles. The largest absolute Gasteiger partial charge is 0.468 e.